The quantitative estimate of drug-likeness (QED) is 0.154. The Kier molecular flexibility index (Phi) is 16.1. The maximum atomic E-state index is 14.6. The van der Waals surface area contributed by atoms with Gasteiger partial charge < -0.3 is 25.2 Å². The Morgan fingerprint density at radius 2 is 1.65 bits per heavy atom. The molecule has 0 bridgehead atoms. The van der Waals surface area contributed by atoms with Crippen molar-refractivity contribution in [2.75, 3.05) is 33.2 Å². The average Bonchev–Trinajstić information content (AvgIpc) is 3.57. The number of carboxylic acids is 1. The predicted molar refractivity (Wildman–Crippen MR) is 209 cm³/mol. The van der Waals surface area contributed by atoms with Crippen molar-refractivity contribution in [2.24, 2.45) is 11.3 Å². The molecule has 3 aromatic rings. The monoisotopic (exact) mass is 734 g/mol. The number of halogens is 2. The van der Waals surface area contributed by atoms with Crippen LogP contribution in [0, 0.1) is 50.8 Å². The van der Waals surface area contributed by atoms with Crippen LogP contribution in [0.1, 0.15) is 97.4 Å². The first-order valence-electron chi connectivity index (χ1n) is 18.2. The van der Waals surface area contributed by atoms with E-state index < -0.39 is 12.0 Å². The second kappa shape index (κ2) is 19.8. The molecule has 2 aliphatic rings. The number of pyridine rings is 1. The zero-order chi connectivity index (χ0) is 38.6. The van der Waals surface area contributed by atoms with Crippen LogP contribution in [0.25, 0.3) is 11.1 Å². The lowest BCUT2D eigenvalue weighted by Gasteiger charge is -2.48. The number of benzene rings is 2. The average molecular weight is 735 g/mol. The molecule has 2 fully saturated rings. The van der Waals surface area contributed by atoms with Gasteiger partial charge in [-0.05, 0) is 136 Å². The smallest absolute Gasteiger partial charge is 0.305 e. The molecule has 3 N–H and O–H groups in total. The highest BCUT2D eigenvalue weighted by Crippen LogP contribution is 2.45. The van der Waals surface area contributed by atoms with Crippen molar-refractivity contribution >= 4 is 23.5 Å². The Labute approximate surface area is 314 Å². The van der Waals surface area contributed by atoms with Crippen LogP contribution in [0.2, 0.25) is 5.02 Å². The van der Waals surface area contributed by atoms with Crippen LogP contribution in [0.5, 0.6) is 0 Å². The zero-order valence-electron chi connectivity index (χ0n) is 31.7. The van der Waals surface area contributed by atoms with Crippen molar-refractivity contribution in [1.82, 2.24) is 20.1 Å². The minimum absolute atomic E-state index is 0.176. The number of hydrogen-bond acceptors (Lipinski definition) is 5. The highest BCUT2D eigenvalue weighted by molar-refractivity contribution is 6.30. The summed E-state index contributed by atoms with van der Waals surface area (Å²) in [6.07, 6.45) is 17.1. The number of nitrogens with one attached hydrogen (secondary N) is 2. The first-order valence-corrected chi connectivity index (χ1v) is 18.6. The molecule has 1 aromatic heterocycles. The van der Waals surface area contributed by atoms with Gasteiger partial charge in [0.2, 0.25) is 0 Å². The van der Waals surface area contributed by atoms with Gasteiger partial charge in [0, 0.05) is 49.0 Å². The van der Waals surface area contributed by atoms with Crippen molar-refractivity contribution in [2.45, 2.75) is 92.2 Å². The van der Waals surface area contributed by atoms with Crippen LogP contribution in [0.3, 0.4) is 0 Å². The summed E-state index contributed by atoms with van der Waals surface area (Å²) in [5, 5.41) is 15.5. The summed E-state index contributed by atoms with van der Waals surface area (Å²) in [6.45, 7) is 14.6. The van der Waals surface area contributed by atoms with Crippen LogP contribution in [-0.4, -0.2) is 59.7 Å². The van der Waals surface area contributed by atoms with Gasteiger partial charge in [0.15, 0.2) is 0 Å². The summed E-state index contributed by atoms with van der Waals surface area (Å²) in [7, 11) is 1.63. The van der Waals surface area contributed by atoms with Gasteiger partial charge >= 0.3 is 5.97 Å². The van der Waals surface area contributed by atoms with E-state index in [0.29, 0.717) is 40.6 Å². The van der Waals surface area contributed by atoms with E-state index >= 15 is 0 Å². The molecule has 1 spiro atoms. The molecule has 10 heteroatoms. The Morgan fingerprint density at radius 3 is 2.23 bits per heavy atom. The van der Waals surface area contributed by atoms with Gasteiger partial charge in [-0.1, -0.05) is 38.3 Å². The van der Waals surface area contributed by atoms with Crippen molar-refractivity contribution in [3.05, 3.63) is 91.6 Å². The van der Waals surface area contributed by atoms with Gasteiger partial charge in [-0.2, -0.15) is 0 Å². The van der Waals surface area contributed by atoms with E-state index in [1.165, 1.54) is 38.8 Å². The molecule has 1 unspecified atom stereocenters. The van der Waals surface area contributed by atoms with E-state index in [2.05, 4.69) is 42.2 Å². The van der Waals surface area contributed by atoms with Crippen LogP contribution in [0.4, 0.5) is 4.39 Å². The number of likely N-dealkylation sites (tertiary alicyclic amines) is 1. The van der Waals surface area contributed by atoms with Gasteiger partial charge in [-0.15, -0.1) is 12.8 Å². The summed E-state index contributed by atoms with van der Waals surface area (Å²) in [5.41, 5.74) is 5.41. The van der Waals surface area contributed by atoms with E-state index in [1.54, 1.807) is 49.0 Å². The third-order valence-corrected chi connectivity index (χ3v) is 10.3. The standard InChI is InChI=1S/C21H33N3O2.C19H21ClFNO2.C2H2/c1-17(2)8-11-22-19(25)18-7-5-13-24(20(18)26)14-6-12-23-15-21(16-23)9-3-4-10-21;1-10-6-14(20)7-11(2)18(10)13-5-12(3)19(21)15(8-13)16(22-4)9-17(23)24;1-2/h5,7,13,17H,3-4,6,8-12,14-16H2,1-2H3,(H,22,25);5-8,16,22H,9H2,1-4H3,(H,23,24);1-2H. The number of carboxylic acid groups (broad SMARTS) is 1. The molecule has 52 heavy (non-hydrogen) atoms. The maximum Gasteiger partial charge on any atom is 0.305 e. The molecular formula is C42H56ClFN4O4. The normalized spacial score (nSPS) is 15.2. The van der Waals surface area contributed by atoms with Gasteiger partial charge in [-0.3, -0.25) is 14.4 Å². The third kappa shape index (κ3) is 11.3. The highest BCUT2D eigenvalue weighted by Gasteiger charge is 2.43. The van der Waals surface area contributed by atoms with Crippen molar-refractivity contribution < 1.29 is 19.1 Å². The van der Waals surface area contributed by atoms with E-state index in [4.69, 9.17) is 16.7 Å². The summed E-state index contributed by atoms with van der Waals surface area (Å²) < 4.78 is 16.3. The summed E-state index contributed by atoms with van der Waals surface area (Å²) in [4.78, 5) is 38.4. The molecule has 8 nitrogen and oxygen atoms in total. The number of hydrogen-bond donors (Lipinski definition) is 3. The number of carbonyl (C=O) groups excluding carboxylic acids is 1. The van der Waals surface area contributed by atoms with E-state index in [0.717, 1.165) is 41.6 Å². The molecule has 282 valence electrons. The van der Waals surface area contributed by atoms with E-state index in [-0.39, 0.29) is 29.3 Å². The fourth-order valence-corrected chi connectivity index (χ4v) is 7.85. The highest BCUT2D eigenvalue weighted by atomic mass is 35.5. The number of nitrogens with zero attached hydrogens (tertiary/aromatic N) is 2. The predicted octanol–water partition coefficient (Wildman–Crippen LogP) is 7.95. The minimum Gasteiger partial charge on any atom is -0.481 e. The minimum atomic E-state index is -0.976. The summed E-state index contributed by atoms with van der Waals surface area (Å²) in [6, 6.07) is 10.1. The second-order valence-electron chi connectivity index (χ2n) is 14.7. The molecule has 2 heterocycles. The molecule has 1 aliphatic heterocycles. The topological polar surface area (TPSA) is 104 Å². The van der Waals surface area contributed by atoms with Gasteiger partial charge in [0.25, 0.3) is 11.5 Å². The number of aliphatic carboxylic acids is 1. The molecule has 1 amide bonds. The largest absolute Gasteiger partial charge is 0.481 e. The third-order valence-electron chi connectivity index (χ3n) is 10.1. The second-order valence-corrected chi connectivity index (χ2v) is 15.1. The van der Waals surface area contributed by atoms with Crippen molar-refractivity contribution in [3.8, 4) is 24.0 Å². The molecule has 1 saturated heterocycles. The number of carbonyl (C=O) groups is 2. The lowest BCUT2D eigenvalue weighted by molar-refractivity contribution is -0.137. The van der Waals surface area contributed by atoms with Crippen LogP contribution >= 0.6 is 11.6 Å². The fourth-order valence-electron chi connectivity index (χ4n) is 7.52. The maximum absolute atomic E-state index is 14.6. The number of amides is 1. The summed E-state index contributed by atoms with van der Waals surface area (Å²) in [5.74, 6) is -1.07. The lowest BCUT2D eigenvalue weighted by Crippen LogP contribution is -2.55. The van der Waals surface area contributed by atoms with E-state index in [9.17, 15) is 18.8 Å². The molecule has 2 aromatic carbocycles. The SMILES string of the molecule is C#C.CC(C)CCNC(=O)c1cccn(CCCN2CC3(CCCC3)C2)c1=O.CNC(CC(=O)O)c1cc(-c2c(C)cc(Cl)cc2C)cc(C)c1F. The number of rotatable bonds is 13. The molecule has 0 radical (unpaired) electrons. The van der Waals surface area contributed by atoms with Crippen LogP contribution in [-0.2, 0) is 11.3 Å². The van der Waals surface area contributed by atoms with Crippen molar-refractivity contribution in [1.29, 1.82) is 0 Å². The van der Waals surface area contributed by atoms with Crippen LogP contribution in [0.15, 0.2) is 47.4 Å². The Balaban J connectivity index is 0.000000269. The first-order chi connectivity index (χ1) is 24.7. The van der Waals surface area contributed by atoms with Gasteiger partial charge in [-0.25, -0.2) is 4.39 Å². The first kappa shape index (κ1) is 42.4. The number of aryl methyl sites for hydroxylation is 4. The zero-order valence-corrected chi connectivity index (χ0v) is 32.4. The molecule has 1 atom stereocenters. The van der Waals surface area contributed by atoms with Crippen molar-refractivity contribution in [3.63, 3.8) is 0 Å². The molecular weight excluding hydrogens is 679 g/mol. The van der Waals surface area contributed by atoms with E-state index in [1.807, 2.05) is 26.0 Å². The van der Waals surface area contributed by atoms with Gasteiger partial charge in [0.1, 0.15) is 11.4 Å². The Morgan fingerprint density at radius 1 is 1.02 bits per heavy atom. The van der Waals surface area contributed by atoms with Gasteiger partial charge in [0.05, 0.1) is 6.42 Å². The Bertz CT molecular complexity index is 1730. The molecule has 1 aliphatic carbocycles. The lowest BCUT2D eigenvalue weighted by atomic mass is 9.78. The van der Waals surface area contributed by atoms with Crippen LogP contribution < -0.4 is 16.2 Å². The fraction of sp³-hybridized carbons (Fsp3) is 0.500. The molecule has 5 rings (SSSR count). The molecule has 1 saturated carbocycles. The number of aromatic nitrogens is 1. The Hall–Kier alpha value is -3.97. The summed E-state index contributed by atoms with van der Waals surface area (Å²) >= 11 is 6.09. The number of terminal acetylenes is 1.